The summed E-state index contributed by atoms with van der Waals surface area (Å²) in [4.78, 5) is 11.7. The Bertz CT molecular complexity index is 360. The molecule has 1 aliphatic rings. The second-order valence-corrected chi connectivity index (χ2v) is 4.92. The van der Waals surface area contributed by atoms with Crippen molar-refractivity contribution in [2.75, 3.05) is 5.32 Å². The number of rotatable bonds is 3. The van der Waals surface area contributed by atoms with Gasteiger partial charge in [-0.2, -0.15) is 0 Å². The first-order valence-corrected chi connectivity index (χ1v) is 6.06. The molecule has 1 amide bonds. The number of nitrogens with one attached hydrogen (secondary N) is 1. The molecule has 3 heteroatoms. The highest BCUT2D eigenvalue weighted by Crippen LogP contribution is 2.41. The molecule has 0 bridgehead atoms. The van der Waals surface area contributed by atoms with E-state index in [4.69, 9.17) is 0 Å². The first-order chi connectivity index (χ1) is 7.20. The number of anilines is 1. The maximum absolute atomic E-state index is 11.7. The molecule has 1 N–H and O–H groups in total. The lowest BCUT2D eigenvalue weighted by Gasteiger charge is -2.04. The lowest BCUT2D eigenvalue weighted by molar-refractivity contribution is -0.117. The molecule has 1 aliphatic carbocycles. The van der Waals surface area contributed by atoms with Crippen LogP contribution in [-0.2, 0) is 4.79 Å². The van der Waals surface area contributed by atoms with Gasteiger partial charge in [-0.1, -0.05) is 29.3 Å². The van der Waals surface area contributed by atoms with Gasteiger partial charge in [0.25, 0.3) is 0 Å². The molecule has 1 saturated carbocycles. The van der Waals surface area contributed by atoms with Crippen LogP contribution in [0.4, 0.5) is 5.69 Å². The van der Waals surface area contributed by atoms with Gasteiger partial charge in [0, 0.05) is 16.1 Å². The number of carbonyl (C=O) groups is 1. The van der Waals surface area contributed by atoms with Crippen LogP contribution in [-0.4, -0.2) is 5.91 Å². The average Bonchev–Trinajstić information content (AvgIpc) is 3.00. The molecule has 0 radical (unpaired) electrons. The minimum atomic E-state index is 0.171. The average molecular weight is 268 g/mol. The third kappa shape index (κ3) is 2.59. The summed E-state index contributed by atoms with van der Waals surface area (Å²) in [6.07, 6.45) is 2.16. The van der Waals surface area contributed by atoms with Crippen LogP contribution >= 0.6 is 15.9 Å². The molecule has 2 rings (SSSR count). The molecule has 0 heterocycles. The monoisotopic (exact) mass is 267 g/mol. The van der Waals surface area contributed by atoms with Gasteiger partial charge in [0.15, 0.2) is 0 Å². The highest BCUT2D eigenvalue weighted by molar-refractivity contribution is 9.10. The van der Waals surface area contributed by atoms with Crippen molar-refractivity contribution in [1.29, 1.82) is 0 Å². The molecule has 0 spiro atoms. The first-order valence-electron chi connectivity index (χ1n) is 5.27. The van der Waals surface area contributed by atoms with E-state index in [9.17, 15) is 4.79 Å². The highest BCUT2D eigenvalue weighted by Gasteiger charge is 2.41. The molecule has 2 atom stereocenters. The third-order valence-corrected chi connectivity index (χ3v) is 3.42. The summed E-state index contributed by atoms with van der Waals surface area (Å²) in [5.74, 6) is 1.03. The number of hydrogen-bond acceptors (Lipinski definition) is 1. The maximum atomic E-state index is 11.7. The van der Waals surface area contributed by atoms with Crippen molar-refractivity contribution >= 4 is 27.5 Å². The van der Waals surface area contributed by atoms with Gasteiger partial charge in [-0.25, -0.2) is 0 Å². The fraction of sp³-hybridized carbons (Fsp3) is 0.417. The zero-order valence-corrected chi connectivity index (χ0v) is 10.3. The minimum absolute atomic E-state index is 0.171. The van der Waals surface area contributed by atoms with Gasteiger partial charge < -0.3 is 5.32 Å². The summed E-state index contributed by atoms with van der Waals surface area (Å²) in [7, 11) is 0. The van der Waals surface area contributed by atoms with E-state index in [1.807, 2.05) is 24.3 Å². The Morgan fingerprint density at radius 2 is 2.13 bits per heavy atom. The molecule has 2 nitrogen and oxygen atoms in total. The molecule has 0 unspecified atom stereocenters. The van der Waals surface area contributed by atoms with E-state index in [1.165, 1.54) is 0 Å². The Hall–Kier alpha value is -0.830. The van der Waals surface area contributed by atoms with Crippen LogP contribution in [0.1, 0.15) is 19.8 Å². The Morgan fingerprint density at radius 3 is 2.67 bits per heavy atom. The Kier molecular flexibility index (Phi) is 3.10. The van der Waals surface area contributed by atoms with Crippen molar-refractivity contribution in [1.82, 2.24) is 0 Å². The zero-order chi connectivity index (χ0) is 10.8. The summed E-state index contributed by atoms with van der Waals surface area (Å²) in [6.45, 7) is 2.14. The van der Waals surface area contributed by atoms with Gasteiger partial charge in [-0.15, -0.1) is 0 Å². The Morgan fingerprint density at radius 1 is 1.47 bits per heavy atom. The van der Waals surface area contributed by atoms with E-state index in [0.717, 1.165) is 23.0 Å². The number of benzene rings is 1. The highest BCUT2D eigenvalue weighted by atomic mass is 79.9. The second kappa shape index (κ2) is 4.35. The van der Waals surface area contributed by atoms with E-state index in [2.05, 4.69) is 28.2 Å². The van der Waals surface area contributed by atoms with Gasteiger partial charge in [0.1, 0.15) is 0 Å². The van der Waals surface area contributed by atoms with Crippen molar-refractivity contribution < 1.29 is 4.79 Å². The van der Waals surface area contributed by atoms with Crippen molar-refractivity contribution in [3.05, 3.63) is 28.7 Å². The minimum Gasteiger partial charge on any atom is -0.326 e. The smallest absolute Gasteiger partial charge is 0.227 e. The lowest BCUT2D eigenvalue weighted by atomic mass is 10.2. The van der Waals surface area contributed by atoms with E-state index < -0.39 is 0 Å². The van der Waals surface area contributed by atoms with E-state index in [-0.39, 0.29) is 11.8 Å². The van der Waals surface area contributed by atoms with Crippen molar-refractivity contribution in [3.63, 3.8) is 0 Å². The van der Waals surface area contributed by atoms with Crippen LogP contribution in [0.25, 0.3) is 0 Å². The molecule has 0 saturated heterocycles. The van der Waals surface area contributed by atoms with Crippen LogP contribution in [0.5, 0.6) is 0 Å². The quantitative estimate of drug-likeness (QED) is 0.894. The standard InChI is InChI=1S/C12H14BrNO/c1-2-8-7-11(8)12(15)14-10-5-3-9(13)4-6-10/h3-6,8,11H,2,7H2,1H3,(H,14,15)/t8-,11-/m1/s1. The van der Waals surface area contributed by atoms with Crippen LogP contribution in [0.2, 0.25) is 0 Å². The first kappa shape index (κ1) is 10.7. The molecule has 1 aromatic carbocycles. The second-order valence-electron chi connectivity index (χ2n) is 4.01. The van der Waals surface area contributed by atoms with E-state index in [1.54, 1.807) is 0 Å². The van der Waals surface area contributed by atoms with Crippen molar-refractivity contribution in [2.24, 2.45) is 11.8 Å². The molecule has 0 aliphatic heterocycles. The molecule has 0 aromatic heterocycles. The van der Waals surface area contributed by atoms with E-state index >= 15 is 0 Å². The van der Waals surface area contributed by atoms with Gasteiger partial charge in [0.2, 0.25) is 5.91 Å². The molecular formula is C12H14BrNO. The van der Waals surface area contributed by atoms with Gasteiger partial charge in [0.05, 0.1) is 0 Å². The molecule has 80 valence electrons. The SMILES string of the molecule is CC[C@@H]1C[C@H]1C(=O)Nc1ccc(Br)cc1. The van der Waals surface area contributed by atoms with Crippen LogP contribution in [0.15, 0.2) is 28.7 Å². The predicted molar refractivity (Wildman–Crippen MR) is 64.7 cm³/mol. The lowest BCUT2D eigenvalue weighted by Crippen LogP contribution is -2.14. The van der Waals surface area contributed by atoms with E-state index in [0.29, 0.717) is 5.92 Å². The van der Waals surface area contributed by atoms with Crippen LogP contribution in [0.3, 0.4) is 0 Å². The van der Waals surface area contributed by atoms with Crippen molar-refractivity contribution in [2.45, 2.75) is 19.8 Å². The number of amides is 1. The number of halogens is 1. The summed E-state index contributed by atoms with van der Waals surface area (Å²) in [6, 6.07) is 7.68. The van der Waals surface area contributed by atoms with Gasteiger partial charge >= 0.3 is 0 Å². The third-order valence-electron chi connectivity index (χ3n) is 2.90. The number of hydrogen-bond donors (Lipinski definition) is 1. The molecule has 1 fully saturated rings. The predicted octanol–water partition coefficient (Wildman–Crippen LogP) is 3.43. The molecular weight excluding hydrogens is 254 g/mol. The topological polar surface area (TPSA) is 29.1 Å². The van der Waals surface area contributed by atoms with Gasteiger partial charge in [-0.05, 0) is 36.6 Å². The normalized spacial score (nSPS) is 23.6. The summed E-state index contributed by atoms with van der Waals surface area (Å²) in [5.41, 5.74) is 0.880. The summed E-state index contributed by atoms with van der Waals surface area (Å²) in [5, 5.41) is 2.94. The fourth-order valence-corrected chi connectivity index (χ4v) is 2.05. The van der Waals surface area contributed by atoms with Crippen LogP contribution < -0.4 is 5.32 Å². The molecule has 1 aromatic rings. The van der Waals surface area contributed by atoms with Crippen molar-refractivity contribution in [3.8, 4) is 0 Å². The van der Waals surface area contributed by atoms with Crippen LogP contribution in [0, 0.1) is 11.8 Å². The summed E-state index contributed by atoms with van der Waals surface area (Å²) >= 11 is 3.36. The summed E-state index contributed by atoms with van der Waals surface area (Å²) < 4.78 is 1.03. The Balaban J connectivity index is 1.92. The zero-order valence-electron chi connectivity index (χ0n) is 8.66. The fourth-order valence-electron chi connectivity index (χ4n) is 1.79. The largest absolute Gasteiger partial charge is 0.326 e. The number of carbonyl (C=O) groups excluding carboxylic acids is 1. The Labute approximate surface area is 98.2 Å². The van der Waals surface area contributed by atoms with Gasteiger partial charge in [-0.3, -0.25) is 4.79 Å². The molecule has 15 heavy (non-hydrogen) atoms. The maximum Gasteiger partial charge on any atom is 0.227 e.